The van der Waals surface area contributed by atoms with Gasteiger partial charge in [-0.3, -0.25) is 19.3 Å². The van der Waals surface area contributed by atoms with Gasteiger partial charge in [0.25, 0.3) is 11.8 Å². The van der Waals surface area contributed by atoms with Crippen LogP contribution >= 0.6 is 0 Å². The van der Waals surface area contributed by atoms with E-state index in [1.54, 1.807) is 24.3 Å². The van der Waals surface area contributed by atoms with Gasteiger partial charge in [-0.2, -0.15) is 0 Å². The number of nitrogens with one attached hydrogen (secondary N) is 1. The molecule has 0 aliphatic carbocycles. The highest BCUT2D eigenvalue weighted by atomic mass is 16.3. The average molecular weight is 385 g/mol. The number of carbonyl (C=O) groups excluding carboxylic acids is 4. The van der Waals surface area contributed by atoms with Crippen LogP contribution in [-0.4, -0.2) is 46.7 Å². The van der Waals surface area contributed by atoms with Gasteiger partial charge < -0.3 is 25.4 Å². The van der Waals surface area contributed by atoms with Crippen LogP contribution in [0, 0.1) is 5.92 Å². The molecule has 0 bridgehead atoms. The van der Waals surface area contributed by atoms with Crippen molar-refractivity contribution in [2.45, 2.75) is 19.0 Å². The lowest BCUT2D eigenvalue weighted by Gasteiger charge is -2.25. The van der Waals surface area contributed by atoms with Crippen molar-refractivity contribution in [3.63, 3.8) is 0 Å². The molecule has 1 aliphatic heterocycles. The SMILES string of the molecule is NC(=O)C(CC(C=O)CO)N1C(=O)c2cccc(NCc3ccco3)c2C1=O. The predicted molar refractivity (Wildman–Crippen MR) is 97.2 cm³/mol. The molecule has 9 nitrogen and oxygen atoms in total. The number of rotatable bonds is 9. The van der Waals surface area contributed by atoms with Crippen LogP contribution in [0.5, 0.6) is 0 Å². The molecule has 0 saturated heterocycles. The lowest BCUT2D eigenvalue weighted by atomic mass is 10.0. The van der Waals surface area contributed by atoms with E-state index in [1.807, 2.05) is 0 Å². The first-order chi connectivity index (χ1) is 13.5. The van der Waals surface area contributed by atoms with Crippen molar-refractivity contribution in [2.24, 2.45) is 11.7 Å². The number of fused-ring (bicyclic) bond motifs is 1. The van der Waals surface area contributed by atoms with E-state index in [2.05, 4.69) is 5.32 Å². The largest absolute Gasteiger partial charge is 0.467 e. The molecule has 3 amide bonds. The number of aldehydes is 1. The predicted octanol–water partition coefficient (Wildman–Crippen LogP) is 0.539. The van der Waals surface area contributed by atoms with Crippen molar-refractivity contribution in [1.29, 1.82) is 0 Å². The number of benzene rings is 1. The number of amides is 3. The molecule has 4 N–H and O–H groups in total. The first-order valence-corrected chi connectivity index (χ1v) is 8.60. The Hall–Kier alpha value is -3.46. The van der Waals surface area contributed by atoms with E-state index in [0.717, 1.165) is 4.90 Å². The Morgan fingerprint density at radius 2 is 2.04 bits per heavy atom. The molecule has 146 valence electrons. The summed E-state index contributed by atoms with van der Waals surface area (Å²) in [6, 6.07) is 6.87. The van der Waals surface area contributed by atoms with Gasteiger partial charge in [-0.25, -0.2) is 0 Å². The molecule has 9 heteroatoms. The normalized spacial score (nSPS) is 15.2. The van der Waals surface area contributed by atoms with Crippen molar-refractivity contribution in [3.05, 3.63) is 53.5 Å². The number of furan rings is 1. The number of imide groups is 1. The molecule has 1 aliphatic rings. The monoisotopic (exact) mass is 385 g/mol. The fraction of sp³-hybridized carbons (Fsp3) is 0.263. The van der Waals surface area contributed by atoms with Gasteiger partial charge in [-0.05, 0) is 30.7 Å². The summed E-state index contributed by atoms with van der Waals surface area (Å²) >= 11 is 0. The molecule has 28 heavy (non-hydrogen) atoms. The molecular weight excluding hydrogens is 366 g/mol. The fourth-order valence-corrected chi connectivity index (χ4v) is 3.14. The molecule has 3 rings (SSSR count). The van der Waals surface area contributed by atoms with E-state index in [0.29, 0.717) is 24.3 Å². The highest BCUT2D eigenvalue weighted by Gasteiger charge is 2.44. The van der Waals surface area contributed by atoms with Crippen LogP contribution in [0.3, 0.4) is 0 Å². The number of aliphatic hydroxyl groups excluding tert-OH is 1. The molecule has 0 saturated carbocycles. The molecule has 0 radical (unpaired) electrons. The lowest BCUT2D eigenvalue weighted by Crippen LogP contribution is -2.49. The van der Waals surface area contributed by atoms with Gasteiger partial charge in [-0.1, -0.05) is 6.07 Å². The Balaban J connectivity index is 1.90. The summed E-state index contributed by atoms with van der Waals surface area (Å²) in [5.41, 5.74) is 6.05. The van der Waals surface area contributed by atoms with Crippen LogP contribution in [0.25, 0.3) is 0 Å². The van der Waals surface area contributed by atoms with Gasteiger partial charge in [0.05, 0.1) is 30.5 Å². The third-order valence-corrected chi connectivity index (χ3v) is 4.57. The number of hydrogen-bond acceptors (Lipinski definition) is 7. The average Bonchev–Trinajstić information content (AvgIpc) is 3.29. The summed E-state index contributed by atoms with van der Waals surface area (Å²) in [7, 11) is 0. The van der Waals surface area contributed by atoms with E-state index in [-0.39, 0.29) is 17.5 Å². The van der Waals surface area contributed by atoms with Crippen molar-refractivity contribution in [2.75, 3.05) is 11.9 Å². The number of primary amides is 1. The zero-order valence-corrected chi connectivity index (χ0v) is 14.8. The van der Waals surface area contributed by atoms with E-state index < -0.39 is 36.3 Å². The number of aliphatic hydroxyl groups is 1. The minimum Gasteiger partial charge on any atom is -0.467 e. The molecule has 2 atom stereocenters. The van der Waals surface area contributed by atoms with Crippen LogP contribution in [0.2, 0.25) is 0 Å². The maximum Gasteiger partial charge on any atom is 0.264 e. The minimum atomic E-state index is -1.34. The Morgan fingerprint density at radius 1 is 1.25 bits per heavy atom. The Morgan fingerprint density at radius 3 is 2.64 bits per heavy atom. The molecule has 2 unspecified atom stereocenters. The second-order valence-electron chi connectivity index (χ2n) is 6.37. The van der Waals surface area contributed by atoms with E-state index >= 15 is 0 Å². The van der Waals surface area contributed by atoms with Gasteiger partial charge in [0.1, 0.15) is 18.1 Å². The maximum absolute atomic E-state index is 13.0. The van der Waals surface area contributed by atoms with Crippen LogP contribution in [0.4, 0.5) is 5.69 Å². The molecule has 2 heterocycles. The quantitative estimate of drug-likeness (QED) is 0.422. The minimum absolute atomic E-state index is 0.122. The van der Waals surface area contributed by atoms with Gasteiger partial charge in [0.15, 0.2) is 0 Å². The van der Waals surface area contributed by atoms with Crippen LogP contribution in [-0.2, 0) is 16.1 Å². The molecular formula is C19H19N3O6. The highest BCUT2D eigenvalue weighted by molar-refractivity contribution is 6.25. The first kappa shape index (κ1) is 19.3. The Bertz CT molecular complexity index is 908. The number of hydrogen-bond donors (Lipinski definition) is 3. The molecule has 0 spiro atoms. The second kappa shape index (κ2) is 8.05. The number of anilines is 1. The third kappa shape index (κ3) is 3.52. The topological polar surface area (TPSA) is 143 Å². The Labute approximate surface area is 160 Å². The number of nitrogens with zero attached hydrogens (tertiary/aromatic N) is 1. The molecule has 0 fully saturated rings. The molecule has 1 aromatic heterocycles. The van der Waals surface area contributed by atoms with Crippen molar-refractivity contribution in [3.8, 4) is 0 Å². The summed E-state index contributed by atoms with van der Waals surface area (Å²) in [4.78, 5) is 49.5. The third-order valence-electron chi connectivity index (χ3n) is 4.57. The standard InChI is InChI=1S/C19H19N3O6/c20-17(25)15(7-11(9-23)10-24)22-18(26)13-4-1-5-14(16(13)19(22)27)21-8-12-3-2-6-28-12/h1-6,9,11,15,21,24H,7-8,10H2,(H2,20,25). The summed E-state index contributed by atoms with van der Waals surface area (Å²) in [5, 5.41) is 12.3. The zero-order valence-electron chi connectivity index (χ0n) is 14.8. The summed E-state index contributed by atoms with van der Waals surface area (Å²) < 4.78 is 5.24. The van der Waals surface area contributed by atoms with Crippen molar-refractivity contribution in [1.82, 2.24) is 4.90 Å². The maximum atomic E-state index is 13.0. The fourth-order valence-electron chi connectivity index (χ4n) is 3.14. The van der Waals surface area contributed by atoms with E-state index in [1.165, 1.54) is 12.3 Å². The van der Waals surface area contributed by atoms with Crippen molar-refractivity contribution < 1.29 is 28.7 Å². The van der Waals surface area contributed by atoms with E-state index in [4.69, 9.17) is 10.2 Å². The number of carbonyl (C=O) groups is 4. The Kier molecular flexibility index (Phi) is 5.55. The lowest BCUT2D eigenvalue weighted by molar-refractivity contribution is -0.123. The summed E-state index contributed by atoms with van der Waals surface area (Å²) in [6.07, 6.45) is 1.74. The second-order valence-corrected chi connectivity index (χ2v) is 6.37. The number of nitrogens with two attached hydrogens (primary N) is 1. The molecule has 1 aromatic carbocycles. The van der Waals surface area contributed by atoms with Crippen LogP contribution in [0.15, 0.2) is 41.0 Å². The van der Waals surface area contributed by atoms with Crippen LogP contribution < -0.4 is 11.1 Å². The van der Waals surface area contributed by atoms with E-state index in [9.17, 15) is 24.3 Å². The van der Waals surface area contributed by atoms with Crippen molar-refractivity contribution >= 4 is 29.7 Å². The van der Waals surface area contributed by atoms with Gasteiger partial charge in [0.2, 0.25) is 5.91 Å². The zero-order chi connectivity index (χ0) is 20.3. The van der Waals surface area contributed by atoms with Crippen LogP contribution in [0.1, 0.15) is 32.9 Å². The first-order valence-electron chi connectivity index (χ1n) is 8.60. The summed E-state index contributed by atoms with van der Waals surface area (Å²) in [5.74, 6) is -2.57. The highest BCUT2D eigenvalue weighted by Crippen LogP contribution is 2.32. The van der Waals surface area contributed by atoms with Gasteiger partial charge in [0, 0.05) is 11.6 Å². The van der Waals surface area contributed by atoms with Gasteiger partial charge >= 0.3 is 0 Å². The summed E-state index contributed by atoms with van der Waals surface area (Å²) in [6.45, 7) is -0.228. The smallest absolute Gasteiger partial charge is 0.264 e. The molecule has 2 aromatic rings. The van der Waals surface area contributed by atoms with Gasteiger partial charge in [-0.15, -0.1) is 0 Å².